The number of carbonyl (C=O) groups is 1. The normalized spacial score (nSPS) is 10.2. The molecular weight excluding hydrogens is 267 g/mol. The van der Waals surface area contributed by atoms with Crippen molar-refractivity contribution in [3.05, 3.63) is 47.9 Å². The Balaban J connectivity index is 2.37. The zero-order valence-corrected chi connectivity index (χ0v) is 10.9. The molecule has 2 N–H and O–H groups in total. The van der Waals surface area contributed by atoms with Gasteiger partial charge < -0.3 is 10.5 Å². The van der Waals surface area contributed by atoms with E-state index >= 15 is 0 Å². The molecule has 0 saturated heterocycles. The predicted molar refractivity (Wildman–Crippen MR) is 70.5 cm³/mol. The minimum Gasteiger partial charge on any atom is -0.465 e. The summed E-state index contributed by atoms with van der Waals surface area (Å²) in [7, 11) is 1.27. The summed E-state index contributed by atoms with van der Waals surface area (Å²) >= 11 is 1.06. The Kier molecular flexibility index (Phi) is 4.01. The highest BCUT2D eigenvalue weighted by Crippen LogP contribution is 2.33. The highest BCUT2D eigenvalue weighted by atomic mass is 32.2. The van der Waals surface area contributed by atoms with E-state index in [9.17, 15) is 9.18 Å². The first kappa shape index (κ1) is 13.4. The third-order valence-corrected chi connectivity index (χ3v) is 3.47. The number of halogens is 1. The van der Waals surface area contributed by atoms with Crippen molar-refractivity contribution in [1.82, 2.24) is 4.98 Å². The van der Waals surface area contributed by atoms with Crippen LogP contribution in [0.5, 0.6) is 0 Å². The Hall–Kier alpha value is -2.08. The van der Waals surface area contributed by atoms with E-state index in [2.05, 4.69) is 9.72 Å². The van der Waals surface area contributed by atoms with Crippen LogP contribution in [0, 0.1) is 5.82 Å². The smallest absolute Gasteiger partial charge is 0.340 e. The number of anilines is 1. The number of aromatic nitrogens is 1. The van der Waals surface area contributed by atoms with Crippen molar-refractivity contribution in [2.24, 2.45) is 0 Å². The van der Waals surface area contributed by atoms with Gasteiger partial charge in [-0.2, -0.15) is 0 Å². The van der Waals surface area contributed by atoms with Crippen LogP contribution in [0.15, 0.2) is 46.5 Å². The van der Waals surface area contributed by atoms with E-state index in [1.165, 1.54) is 25.4 Å². The number of hydrogen-bond acceptors (Lipinski definition) is 5. The Morgan fingerprint density at radius 3 is 2.79 bits per heavy atom. The molecule has 4 nitrogen and oxygen atoms in total. The van der Waals surface area contributed by atoms with E-state index in [-0.39, 0.29) is 17.1 Å². The van der Waals surface area contributed by atoms with Crippen LogP contribution in [0.2, 0.25) is 0 Å². The van der Waals surface area contributed by atoms with Gasteiger partial charge in [-0.3, -0.25) is 0 Å². The Morgan fingerprint density at radius 2 is 2.11 bits per heavy atom. The second kappa shape index (κ2) is 5.71. The topological polar surface area (TPSA) is 65.2 Å². The fourth-order valence-electron chi connectivity index (χ4n) is 1.45. The lowest BCUT2D eigenvalue weighted by molar-refractivity contribution is 0.0601. The van der Waals surface area contributed by atoms with Crippen molar-refractivity contribution in [2.75, 3.05) is 12.8 Å². The minimum absolute atomic E-state index is 0.183. The molecule has 98 valence electrons. The van der Waals surface area contributed by atoms with Gasteiger partial charge in [0, 0.05) is 11.1 Å². The molecule has 0 aliphatic heterocycles. The van der Waals surface area contributed by atoms with Gasteiger partial charge in [-0.05, 0) is 18.2 Å². The van der Waals surface area contributed by atoms with Crippen LogP contribution >= 0.6 is 11.8 Å². The van der Waals surface area contributed by atoms with Gasteiger partial charge in [0.05, 0.1) is 18.4 Å². The molecular formula is C13H11FN2O2S. The molecule has 1 aromatic heterocycles. The standard InChI is InChI=1S/C13H11FN2O2S/c1-18-13(17)8-6-7-16-12(11(8)15)19-10-5-3-2-4-9(10)14/h2-7H,15H2,1H3. The fraction of sp³-hybridized carbons (Fsp3) is 0.0769. The van der Waals surface area contributed by atoms with Crippen LogP contribution in [-0.2, 0) is 4.74 Å². The van der Waals surface area contributed by atoms with Crippen molar-refractivity contribution < 1.29 is 13.9 Å². The Bertz CT molecular complexity index is 619. The third-order valence-electron chi connectivity index (χ3n) is 2.40. The van der Waals surface area contributed by atoms with Gasteiger partial charge in [-0.1, -0.05) is 23.9 Å². The first-order valence-corrected chi connectivity index (χ1v) is 6.20. The van der Waals surface area contributed by atoms with E-state index < -0.39 is 5.97 Å². The van der Waals surface area contributed by atoms with Crippen LogP contribution in [0.1, 0.15) is 10.4 Å². The largest absolute Gasteiger partial charge is 0.465 e. The molecule has 2 rings (SSSR count). The number of nitrogen functional groups attached to an aromatic ring is 1. The molecule has 0 aliphatic rings. The average Bonchev–Trinajstić information content (AvgIpc) is 2.42. The summed E-state index contributed by atoms with van der Waals surface area (Å²) < 4.78 is 18.2. The number of esters is 1. The predicted octanol–water partition coefficient (Wildman–Crippen LogP) is 2.74. The van der Waals surface area contributed by atoms with E-state index in [0.717, 1.165) is 11.8 Å². The molecule has 1 aromatic carbocycles. The quantitative estimate of drug-likeness (QED) is 0.874. The molecule has 0 fully saturated rings. The van der Waals surface area contributed by atoms with Gasteiger partial charge in [-0.25, -0.2) is 14.2 Å². The lowest BCUT2D eigenvalue weighted by atomic mass is 10.2. The molecule has 19 heavy (non-hydrogen) atoms. The first-order valence-electron chi connectivity index (χ1n) is 5.38. The van der Waals surface area contributed by atoms with Gasteiger partial charge >= 0.3 is 5.97 Å². The van der Waals surface area contributed by atoms with Crippen LogP contribution in [0.4, 0.5) is 10.1 Å². The van der Waals surface area contributed by atoms with Crippen LogP contribution < -0.4 is 5.73 Å². The molecule has 2 aromatic rings. The molecule has 0 radical (unpaired) electrons. The second-order valence-corrected chi connectivity index (χ2v) is 4.63. The highest BCUT2D eigenvalue weighted by molar-refractivity contribution is 7.99. The summed E-state index contributed by atoms with van der Waals surface area (Å²) in [6.45, 7) is 0. The second-order valence-electron chi connectivity index (χ2n) is 3.60. The van der Waals surface area contributed by atoms with Gasteiger partial charge in [0.25, 0.3) is 0 Å². The summed E-state index contributed by atoms with van der Waals surface area (Å²) in [5.74, 6) is -0.910. The van der Waals surface area contributed by atoms with Crippen molar-refractivity contribution in [3.63, 3.8) is 0 Å². The zero-order chi connectivity index (χ0) is 13.8. The summed E-state index contributed by atoms with van der Waals surface area (Å²) in [4.78, 5) is 15.9. The maximum atomic E-state index is 13.6. The number of pyridine rings is 1. The van der Waals surface area contributed by atoms with Crippen LogP contribution in [0.25, 0.3) is 0 Å². The number of rotatable bonds is 3. The monoisotopic (exact) mass is 278 g/mol. The van der Waals surface area contributed by atoms with E-state index in [1.807, 2.05) is 0 Å². The van der Waals surface area contributed by atoms with Gasteiger partial charge in [0.15, 0.2) is 0 Å². The molecule has 0 saturated carbocycles. The molecule has 1 heterocycles. The lowest BCUT2D eigenvalue weighted by Crippen LogP contribution is -2.07. The van der Waals surface area contributed by atoms with Crippen LogP contribution in [-0.4, -0.2) is 18.1 Å². The summed E-state index contributed by atoms with van der Waals surface area (Å²) in [5.41, 5.74) is 6.25. The molecule has 0 bridgehead atoms. The first-order chi connectivity index (χ1) is 9.13. The molecule has 0 spiro atoms. The van der Waals surface area contributed by atoms with Crippen molar-refractivity contribution >= 4 is 23.4 Å². The number of nitrogens with zero attached hydrogens (tertiary/aromatic N) is 1. The number of nitrogens with two attached hydrogens (primary N) is 1. The highest BCUT2D eigenvalue weighted by Gasteiger charge is 2.15. The zero-order valence-electron chi connectivity index (χ0n) is 10.1. The fourth-order valence-corrected chi connectivity index (χ4v) is 2.31. The maximum absolute atomic E-state index is 13.6. The van der Waals surface area contributed by atoms with Gasteiger partial charge in [0.2, 0.25) is 0 Å². The summed E-state index contributed by atoms with van der Waals surface area (Å²) in [6.07, 6.45) is 1.44. The third kappa shape index (κ3) is 2.85. The molecule has 0 atom stereocenters. The number of ether oxygens (including phenoxy) is 1. The number of methoxy groups -OCH3 is 1. The molecule has 6 heteroatoms. The maximum Gasteiger partial charge on any atom is 0.340 e. The Labute approximate surface area is 113 Å². The van der Waals surface area contributed by atoms with E-state index in [1.54, 1.807) is 18.2 Å². The van der Waals surface area contributed by atoms with Crippen molar-refractivity contribution in [1.29, 1.82) is 0 Å². The van der Waals surface area contributed by atoms with Gasteiger partial charge in [0.1, 0.15) is 10.8 Å². The molecule has 0 aliphatic carbocycles. The Morgan fingerprint density at radius 1 is 1.37 bits per heavy atom. The number of carbonyl (C=O) groups excluding carboxylic acids is 1. The summed E-state index contributed by atoms with van der Waals surface area (Å²) in [5, 5.41) is 0.369. The SMILES string of the molecule is COC(=O)c1ccnc(Sc2ccccc2F)c1N. The van der Waals surface area contributed by atoms with Crippen molar-refractivity contribution in [3.8, 4) is 0 Å². The van der Waals surface area contributed by atoms with Crippen LogP contribution in [0.3, 0.4) is 0 Å². The number of benzene rings is 1. The minimum atomic E-state index is -0.546. The molecule has 0 unspecified atom stereocenters. The summed E-state index contributed by atoms with van der Waals surface area (Å²) in [6, 6.07) is 7.74. The lowest BCUT2D eigenvalue weighted by Gasteiger charge is -2.08. The van der Waals surface area contributed by atoms with Crippen molar-refractivity contribution in [2.45, 2.75) is 9.92 Å². The van der Waals surface area contributed by atoms with E-state index in [0.29, 0.717) is 9.92 Å². The van der Waals surface area contributed by atoms with Gasteiger partial charge in [-0.15, -0.1) is 0 Å². The number of hydrogen-bond donors (Lipinski definition) is 1. The van der Waals surface area contributed by atoms with E-state index in [4.69, 9.17) is 5.73 Å². The molecule has 0 amide bonds. The average molecular weight is 278 g/mol.